The number of aliphatic hydroxyl groups excluding tert-OH is 1. The van der Waals surface area contributed by atoms with Gasteiger partial charge in [-0.25, -0.2) is 14.8 Å². The number of ether oxygens (including phenoxy) is 1. The van der Waals surface area contributed by atoms with E-state index in [9.17, 15) is 9.90 Å². The largest absolute Gasteiger partial charge is 0.497 e. The van der Waals surface area contributed by atoms with E-state index in [1.54, 1.807) is 25.3 Å². The molecule has 0 radical (unpaired) electrons. The Kier molecular flexibility index (Phi) is 3.99. The van der Waals surface area contributed by atoms with Gasteiger partial charge in [-0.15, -0.1) is 0 Å². The van der Waals surface area contributed by atoms with Crippen molar-refractivity contribution < 1.29 is 19.7 Å². The van der Waals surface area contributed by atoms with Crippen LogP contribution < -0.4 is 10.1 Å². The normalized spacial score (nSPS) is 13.8. The minimum absolute atomic E-state index is 0.353. The molecule has 0 amide bonds. The fraction of sp³-hybridized carbons (Fsp3) is 0.308. The molecular weight excluding hydrogens is 262 g/mol. The smallest absolute Gasteiger partial charge is 0.328 e. The standard InChI is InChI=1S/C13H15N3O4/c1-7(17)11(13(18)19)16-12-9-4-3-8(20-2)5-10(9)14-6-15-12/h3-7,11,17H,1-2H3,(H,18,19)(H,14,15,16). The lowest BCUT2D eigenvalue weighted by molar-refractivity contribution is -0.140. The van der Waals surface area contributed by atoms with Crippen LogP contribution in [0.15, 0.2) is 24.5 Å². The number of benzene rings is 1. The van der Waals surface area contributed by atoms with E-state index in [-0.39, 0.29) is 0 Å². The van der Waals surface area contributed by atoms with Crippen molar-refractivity contribution in [1.29, 1.82) is 0 Å². The van der Waals surface area contributed by atoms with E-state index >= 15 is 0 Å². The van der Waals surface area contributed by atoms with Crippen molar-refractivity contribution in [2.24, 2.45) is 0 Å². The molecular formula is C13H15N3O4. The maximum absolute atomic E-state index is 11.1. The second-order valence-electron chi connectivity index (χ2n) is 4.31. The highest BCUT2D eigenvalue weighted by molar-refractivity contribution is 5.91. The zero-order valence-corrected chi connectivity index (χ0v) is 11.1. The third-order valence-corrected chi connectivity index (χ3v) is 2.88. The first kappa shape index (κ1) is 14.0. The fourth-order valence-corrected chi connectivity index (χ4v) is 1.81. The summed E-state index contributed by atoms with van der Waals surface area (Å²) in [6.45, 7) is 1.40. The number of anilines is 1. The van der Waals surface area contributed by atoms with E-state index in [1.807, 2.05) is 0 Å². The van der Waals surface area contributed by atoms with Gasteiger partial charge in [-0.05, 0) is 19.1 Å². The van der Waals surface area contributed by atoms with Crippen molar-refractivity contribution in [1.82, 2.24) is 9.97 Å². The summed E-state index contributed by atoms with van der Waals surface area (Å²) >= 11 is 0. The van der Waals surface area contributed by atoms with Crippen LogP contribution in [0.4, 0.5) is 5.82 Å². The Bertz CT molecular complexity index is 630. The number of fused-ring (bicyclic) bond motifs is 1. The van der Waals surface area contributed by atoms with Crippen LogP contribution in [0.1, 0.15) is 6.92 Å². The zero-order valence-electron chi connectivity index (χ0n) is 11.1. The third-order valence-electron chi connectivity index (χ3n) is 2.88. The van der Waals surface area contributed by atoms with Gasteiger partial charge < -0.3 is 20.3 Å². The molecule has 1 aromatic carbocycles. The Balaban J connectivity index is 2.41. The number of hydrogen-bond donors (Lipinski definition) is 3. The summed E-state index contributed by atoms with van der Waals surface area (Å²) < 4.78 is 5.10. The second kappa shape index (κ2) is 5.70. The molecule has 0 fully saturated rings. The van der Waals surface area contributed by atoms with Crippen LogP contribution in [0.3, 0.4) is 0 Å². The van der Waals surface area contributed by atoms with E-state index in [0.717, 1.165) is 0 Å². The Morgan fingerprint density at radius 2 is 2.15 bits per heavy atom. The van der Waals surface area contributed by atoms with Crippen molar-refractivity contribution in [3.05, 3.63) is 24.5 Å². The average molecular weight is 277 g/mol. The molecule has 0 aliphatic carbocycles. The molecule has 106 valence electrons. The molecule has 7 nitrogen and oxygen atoms in total. The Morgan fingerprint density at radius 3 is 2.75 bits per heavy atom. The summed E-state index contributed by atoms with van der Waals surface area (Å²) in [6.07, 6.45) is 0.265. The first-order chi connectivity index (χ1) is 9.52. The van der Waals surface area contributed by atoms with Crippen molar-refractivity contribution in [3.63, 3.8) is 0 Å². The number of nitrogens with one attached hydrogen (secondary N) is 1. The van der Waals surface area contributed by atoms with E-state index < -0.39 is 18.1 Å². The molecule has 0 aliphatic heterocycles. The van der Waals surface area contributed by atoms with Crippen LogP contribution in [0.5, 0.6) is 5.75 Å². The van der Waals surface area contributed by atoms with Gasteiger partial charge in [0.2, 0.25) is 0 Å². The van der Waals surface area contributed by atoms with Crippen LogP contribution in [-0.4, -0.2) is 45.4 Å². The number of hydrogen-bond acceptors (Lipinski definition) is 6. The average Bonchev–Trinajstić information content (AvgIpc) is 2.43. The number of aromatic nitrogens is 2. The monoisotopic (exact) mass is 277 g/mol. The van der Waals surface area contributed by atoms with Crippen LogP contribution in [-0.2, 0) is 4.79 Å². The number of carboxylic acids is 1. The summed E-state index contributed by atoms with van der Waals surface area (Å²) in [7, 11) is 1.55. The van der Waals surface area contributed by atoms with E-state index in [2.05, 4.69) is 15.3 Å². The maximum atomic E-state index is 11.1. The fourth-order valence-electron chi connectivity index (χ4n) is 1.81. The Hall–Kier alpha value is -2.41. The van der Waals surface area contributed by atoms with Crippen LogP contribution >= 0.6 is 0 Å². The lowest BCUT2D eigenvalue weighted by Crippen LogP contribution is -2.39. The molecule has 0 saturated heterocycles. The quantitative estimate of drug-likeness (QED) is 0.745. The first-order valence-corrected chi connectivity index (χ1v) is 5.99. The number of rotatable bonds is 5. The molecule has 0 spiro atoms. The number of aliphatic carboxylic acids is 1. The first-order valence-electron chi connectivity index (χ1n) is 5.99. The molecule has 7 heteroatoms. The molecule has 2 aromatic rings. The molecule has 1 aromatic heterocycles. The zero-order chi connectivity index (χ0) is 14.7. The SMILES string of the molecule is COc1ccc2c(NC(C(=O)O)C(C)O)ncnc2c1. The Labute approximate surface area is 115 Å². The number of carboxylic acid groups (broad SMARTS) is 1. The number of carbonyl (C=O) groups is 1. The van der Waals surface area contributed by atoms with Gasteiger partial charge in [0.05, 0.1) is 18.7 Å². The van der Waals surface area contributed by atoms with Gasteiger partial charge in [0.15, 0.2) is 6.04 Å². The van der Waals surface area contributed by atoms with Crippen LogP contribution in [0, 0.1) is 0 Å². The molecule has 2 unspecified atom stereocenters. The predicted octanol–water partition coefficient (Wildman–Crippen LogP) is 0.884. The van der Waals surface area contributed by atoms with Gasteiger partial charge in [0, 0.05) is 11.5 Å². The number of nitrogens with zero attached hydrogens (tertiary/aromatic N) is 2. The highest BCUT2D eigenvalue weighted by Crippen LogP contribution is 2.24. The summed E-state index contributed by atoms with van der Waals surface area (Å²) in [5.41, 5.74) is 0.622. The molecule has 2 rings (SSSR count). The second-order valence-corrected chi connectivity index (χ2v) is 4.31. The summed E-state index contributed by atoms with van der Waals surface area (Å²) in [5, 5.41) is 21.9. The van der Waals surface area contributed by atoms with Crippen molar-refractivity contribution in [3.8, 4) is 5.75 Å². The van der Waals surface area contributed by atoms with Gasteiger partial charge in [-0.3, -0.25) is 0 Å². The summed E-state index contributed by atoms with van der Waals surface area (Å²) in [6, 6.07) is 4.04. The lowest BCUT2D eigenvalue weighted by atomic mass is 10.1. The van der Waals surface area contributed by atoms with E-state index in [4.69, 9.17) is 9.84 Å². The molecule has 0 saturated carbocycles. The van der Waals surface area contributed by atoms with Gasteiger partial charge >= 0.3 is 5.97 Å². The molecule has 3 N–H and O–H groups in total. The van der Waals surface area contributed by atoms with Gasteiger partial charge in [-0.2, -0.15) is 0 Å². The molecule has 0 aliphatic rings. The van der Waals surface area contributed by atoms with E-state index in [1.165, 1.54) is 13.3 Å². The summed E-state index contributed by atoms with van der Waals surface area (Å²) in [5.74, 6) is -0.154. The van der Waals surface area contributed by atoms with Gasteiger partial charge in [0.25, 0.3) is 0 Å². The molecule has 0 bridgehead atoms. The lowest BCUT2D eigenvalue weighted by Gasteiger charge is -2.18. The van der Waals surface area contributed by atoms with Gasteiger partial charge in [0.1, 0.15) is 17.9 Å². The highest BCUT2D eigenvalue weighted by atomic mass is 16.5. The topological polar surface area (TPSA) is 105 Å². The highest BCUT2D eigenvalue weighted by Gasteiger charge is 2.24. The van der Waals surface area contributed by atoms with Gasteiger partial charge in [-0.1, -0.05) is 0 Å². The molecule has 1 heterocycles. The Morgan fingerprint density at radius 1 is 1.40 bits per heavy atom. The van der Waals surface area contributed by atoms with E-state index in [0.29, 0.717) is 22.5 Å². The van der Waals surface area contributed by atoms with Crippen molar-refractivity contribution in [2.45, 2.75) is 19.1 Å². The van der Waals surface area contributed by atoms with Crippen molar-refractivity contribution in [2.75, 3.05) is 12.4 Å². The third kappa shape index (κ3) is 2.77. The van der Waals surface area contributed by atoms with Crippen LogP contribution in [0.2, 0.25) is 0 Å². The van der Waals surface area contributed by atoms with Crippen molar-refractivity contribution >= 4 is 22.7 Å². The molecule has 2 atom stereocenters. The minimum atomic E-state index is -1.15. The minimum Gasteiger partial charge on any atom is -0.497 e. The molecule has 20 heavy (non-hydrogen) atoms. The summed E-state index contributed by atoms with van der Waals surface area (Å²) in [4.78, 5) is 19.2. The number of methoxy groups -OCH3 is 1. The maximum Gasteiger partial charge on any atom is 0.328 e. The number of aliphatic hydroxyl groups is 1. The predicted molar refractivity (Wildman–Crippen MR) is 72.8 cm³/mol. The van der Waals surface area contributed by atoms with Crippen LogP contribution in [0.25, 0.3) is 10.9 Å².